The summed E-state index contributed by atoms with van der Waals surface area (Å²) in [5.74, 6) is -6.77. The summed E-state index contributed by atoms with van der Waals surface area (Å²) in [5, 5.41) is 2.48. The summed E-state index contributed by atoms with van der Waals surface area (Å²) in [5.41, 5.74) is 0. The number of rotatable bonds is 9. The van der Waals surface area contributed by atoms with Crippen LogP contribution in [0.5, 0.6) is 0 Å². The first-order chi connectivity index (χ1) is 15.9. The SMILES string of the molecule is CCOC(=O)C1(OC(C)=O)C[C@@H]2OC(=O)N[C@H]2[C@H]([C@@H](OC(C)=O)[C@@H](COC(C)=O)OC(C)=O)O1. The molecule has 14 heteroatoms. The van der Waals surface area contributed by atoms with Crippen molar-refractivity contribution in [2.24, 2.45) is 0 Å². The first kappa shape index (κ1) is 26.8. The van der Waals surface area contributed by atoms with Crippen molar-refractivity contribution >= 4 is 35.9 Å². The van der Waals surface area contributed by atoms with Crippen molar-refractivity contribution in [3.8, 4) is 0 Å². The van der Waals surface area contributed by atoms with Gasteiger partial charge in [0.2, 0.25) is 0 Å². The number of alkyl carbamates (subject to hydrolysis) is 1. The van der Waals surface area contributed by atoms with E-state index in [1.165, 1.54) is 6.92 Å². The Morgan fingerprint density at radius 1 is 1.00 bits per heavy atom. The normalized spacial score (nSPS) is 27.1. The highest BCUT2D eigenvalue weighted by atomic mass is 16.8. The molecule has 0 aromatic carbocycles. The standard InChI is InChI=1S/C20H27NO13/c1-6-28-18(26)20(33-12(5)25)7-13-15(21-19(27)32-13)17(34-20)16(31-11(4)24)14(30-10(3)23)8-29-9(2)22/h13-17H,6-8H2,1-5H3,(H,21,27)/t13-,14+,15+,16-,17+,20?/m0/s1. The second kappa shape index (κ2) is 11.1. The molecule has 2 aliphatic rings. The highest BCUT2D eigenvalue weighted by Gasteiger charge is 2.62. The molecule has 1 N–H and O–H groups in total. The van der Waals surface area contributed by atoms with Crippen molar-refractivity contribution in [3.63, 3.8) is 0 Å². The van der Waals surface area contributed by atoms with Crippen LogP contribution in [0.3, 0.4) is 0 Å². The van der Waals surface area contributed by atoms with Crippen LogP contribution in [0.4, 0.5) is 4.79 Å². The summed E-state index contributed by atoms with van der Waals surface area (Å²) >= 11 is 0. The van der Waals surface area contributed by atoms with Crippen molar-refractivity contribution in [2.75, 3.05) is 13.2 Å². The van der Waals surface area contributed by atoms with E-state index in [9.17, 15) is 28.8 Å². The van der Waals surface area contributed by atoms with Crippen LogP contribution in [-0.2, 0) is 57.1 Å². The van der Waals surface area contributed by atoms with Crippen molar-refractivity contribution in [1.82, 2.24) is 5.32 Å². The zero-order chi connectivity index (χ0) is 25.6. The lowest BCUT2D eigenvalue weighted by atomic mass is 9.89. The molecule has 6 atom stereocenters. The molecule has 190 valence electrons. The minimum absolute atomic E-state index is 0.0993. The van der Waals surface area contributed by atoms with E-state index in [0.717, 1.165) is 27.7 Å². The third kappa shape index (κ3) is 6.56. The number of fused-ring (bicyclic) bond motifs is 1. The summed E-state index contributed by atoms with van der Waals surface area (Å²) in [7, 11) is 0. The molecular formula is C20H27NO13. The lowest BCUT2D eigenvalue weighted by Gasteiger charge is -2.45. The summed E-state index contributed by atoms with van der Waals surface area (Å²) < 4.78 is 36.8. The van der Waals surface area contributed by atoms with Gasteiger partial charge < -0.3 is 38.5 Å². The largest absolute Gasteiger partial charge is 0.462 e. The minimum atomic E-state index is -2.37. The van der Waals surface area contributed by atoms with Crippen molar-refractivity contribution < 1.29 is 61.9 Å². The molecule has 1 unspecified atom stereocenters. The number of ether oxygens (including phenoxy) is 7. The predicted octanol–water partition coefficient (Wildman–Crippen LogP) is -0.499. The monoisotopic (exact) mass is 489 g/mol. The molecular weight excluding hydrogens is 462 g/mol. The number of nitrogens with one attached hydrogen (secondary N) is 1. The number of hydrogen-bond donors (Lipinski definition) is 1. The molecule has 0 bridgehead atoms. The molecule has 0 spiro atoms. The van der Waals surface area contributed by atoms with E-state index in [4.69, 9.17) is 33.2 Å². The van der Waals surface area contributed by atoms with Crippen LogP contribution in [0.15, 0.2) is 0 Å². The number of esters is 5. The Kier molecular flexibility index (Phi) is 8.79. The van der Waals surface area contributed by atoms with E-state index >= 15 is 0 Å². The van der Waals surface area contributed by atoms with E-state index in [2.05, 4.69) is 5.32 Å². The Bertz CT molecular complexity index is 842. The molecule has 2 aliphatic heterocycles. The maximum absolute atomic E-state index is 12.8. The van der Waals surface area contributed by atoms with Crippen LogP contribution in [0, 0.1) is 0 Å². The van der Waals surface area contributed by atoms with Gasteiger partial charge in [0.15, 0.2) is 12.2 Å². The van der Waals surface area contributed by atoms with Gasteiger partial charge >= 0.3 is 41.7 Å². The van der Waals surface area contributed by atoms with Gasteiger partial charge in [0.25, 0.3) is 0 Å². The molecule has 2 heterocycles. The molecule has 2 rings (SSSR count). The smallest absolute Gasteiger partial charge is 0.407 e. The fourth-order valence-corrected chi connectivity index (χ4v) is 3.68. The van der Waals surface area contributed by atoms with Crippen LogP contribution in [0.1, 0.15) is 41.0 Å². The minimum Gasteiger partial charge on any atom is -0.462 e. The van der Waals surface area contributed by atoms with Gasteiger partial charge in [-0.25, -0.2) is 9.59 Å². The lowest BCUT2D eigenvalue weighted by Crippen LogP contribution is -2.66. The van der Waals surface area contributed by atoms with E-state index in [1.807, 2.05) is 0 Å². The van der Waals surface area contributed by atoms with Crippen LogP contribution in [-0.4, -0.2) is 85.4 Å². The molecule has 0 aromatic rings. The second-order valence-electron chi connectivity index (χ2n) is 7.49. The molecule has 34 heavy (non-hydrogen) atoms. The topological polar surface area (TPSA) is 179 Å². The van der Waals surface area contributed by atoms with Gasteiger partial charge in [-0.05, 0) is 6.92 Å². The highest BCUT2D eigenvalue weighted by molar-refractivity contribution is 5.82. The maximum Gasteiger partial charge on any atom is 0.407 e. The van der Waals surface area contributed by atoms with Gasteiger partial charge in [0.05, 0.1) is 19.1 Å². The van der Waals surface area contributed by atoms with Crippen molar-refractivity contribution in [2.45, 2.75) is 77.3 Å². The Morgan fingerprint density at radius 2 is 1.65 bits per heavy atom. The number of carbonyl (C=O) groups is 6. The molecule has 0 radical (unpaired) electrons. The van der Waals surface area contributed by atoms with Gasteiger partial charge in [0.1, 0.15) is 18.8 Å². The fraction of sp³-hybridized carbons (Fsp3) is 0.700. The Labute approximate surface area is 194 Å². The van der Waals surface area contributed by atoms with E-state index in [0.29, 0.717) is 0 Å². The van der Waals surface area contributed by atoms with E-state index in [1.54, 1.807) is 0 Å². The second-order valence-corrected chi connectivity index (χ2v) is 7.49. The van der Waals surface area contributed by atoms with Gasteiger partial charge in [-0.15, -0.1) is 0 Å². The quantitative estimate of drug-likeness (QED) is 0.324. The average molecular weight is 489 g/mol. The van der Waals surface area contributed by atoms with Gasteiger partial charge in [0, 0.05) is 27.7 Å². The summed E-state index contributed by atoms with van der Waals surface area (Å²) in [6, 6.07) is -1.04. The van der Waals surface area contributed by atoms with Gasteiger partial charge in [-0.1, -0.05) is 0 Å². The molecule has 0 saturated carbocycles. The van der Waals surface area contributed by atoms with Crippen LogP contribution in [0.25, 0.3) is 0 Å². The molecule has 2 saturated heterocycles. The molecule has 2 fully saturated rings. The molecule has 0 aromatic heterocycles. The number of hydrogen-bond acceptors (Lipinski definition) is 13. The van der Waals surface area contributed by atoms with Crippen LogP contribution in [0.2, 0.25) is 0 Å². The Hall–Kier alpha value is -3.42. The zero-order valence-electron chi connectivity index (χ0n) is 19.3. The summed E-state index contributed by atoms with van der Waals surface area (Å²) in [4.78, 5) is 71.7. The van der Waals surface area contributed by atoms with Crippen molar-refractivity contribution in [3.05, 3.63) is 0 Å². The van der Waals surface area contributed by atoms with Crippen LogP contribution < -0.4 is 5.32 Å². The predicted molar refractivity (Wildman–Crippen MR) is 106 cm³/mol. The first-order valence-electron chi connectivity index (χ1n) is 10.4. The van der Waals surface area contributed by atoms with Crippen LogP contribution >= 0.6 is 0 Å². The average Bonchev–Trinajstić information content (AvgIpc) is 3.07. The lowest BCUT2D eigenvalue weighted by molar-refractivity contribution is -0.298. The van der Waals surface area contributed by atoms with Gasteiger partial charge in [-0.2, -0.15) is 0 Å². The third-order valence-corrected chi connectivity index (χ3v) is 4.75. The maximum atomic E-state index is 12.8. The van der Waals surface area contributed by atoms with E-state index < -0.39 is 85.2 Å². The zero-order valence-corrected chi connectivity index (χ0v) is 19.3. The molecule has 14 nitrogen and oxygen atoms in total. The first-order valence-corrected chi connectivity index (χ1v) is 10.4. The summed E-state index contributed by atoms with van der Waals surface area (Å²) in [6.07, 6.45) is -6.85. The Balaban J connectivity index is 2.56. The van der Waals surface area contributed by atoms with E-state index in [-0.39, 0.29) is 6.61 Å². The number of carbonyl (C=O) groups excluding carboxylic acids is 6. The number of amides is 1. The molecule has 1 amide bonds. The summed E-state index contributed by atoms with van der Waals surface area (Å²) in [6.45, 7) is 5.11. The third-order valence-electron chi connectivity index (χ3n) is 4.75. The van der Waals surface area contributed by atoms with Gasteiger partial charge in [-0.3, -0.25) is 19.2 Å². The Morgan fingerprint density at radius 3 is 2.18 bits per heavy atom. The highest BCUT2D eigenvalue weighted by Crippen LogP contribution is 2.38. The molecule has 0 aliphatic carbocycles. The fourth-order valence-electron chi connectivity index (χ4n) is 3.68. The van der Waals surface area contributed by atoms with Crippen molar-refractivity contribution in [1.29, 1.82) is 0 Å².